The molecule has 5 rings (SSSR count). The lowest BCUT2D eigenvalue weighted by Crippen LogP contribution is -2.37. The third-order valence-electron chi connectivity index (χ3n) is 8.53. The minimum atomic E-state index is -2.58. The van der Waals surface area contributed by atoms with Crippen LogP contribution in [0.4, 0.5) is 20.4 Å². The zero-order valence-electron chi connectivity index (χ0n) is 23.7. The van der Waals surface area contributed by atoms with Gasteiger partial charge in [-0.3, -0.25) is 9.78 Å². The van der Waals surface area contributed by atoms with E-state index < -0.39 is 12.0 Å². The average molecular weight is 565 g/mol. The summed E-state index contributed by atoms with van der Waals surface area (Å²) >= 11 is 0. The second-order valence-electron chi connectivity index (χ2n) is 11.6. The molecule has 0 aromatic carbocycles. The average Bonchev–Trinajstić information content (AvgIpc) is 2.97. The Balaban J connectivity index is 1.22. The lowest BCUT2D eigenvalue weighted by molar-refractivity contribution is -0.158. The van der Waals surface area contributed by atoms with E-state index in [1.807, 2.05) is 31.2 Å². The van der Waals surface area contributed by atoms with Gasteiger partial charge in [-0.05, 0) is 113 Å². The molecule has 2 saturated carbocycles. The number of halogens is 2. The number of hydrogen-bond acceptors (Lipinski definition) is 7. The molecule has 7 nitrogen and oxygen atoms in total. The molecule has 0 spiro atoms. The molecule has 2 aliphatic carbocycles. The van der Waals surface area contributed by atoms with Gasteiger partial charge in [-0.2, -0.15) is 0 Å². The summed E-state index contributed by atoms with van der Waals surface area (Å²) in [6.45, 7) is 3.72. The molecule has 1 atom stereocenters. The Morgan fingerprint density at radius 3 is 2.44 bits per heavy atom. The summed E-state index contributed by atoms with van der Waals surface area (Å²) in [5, 5.41) is 14.5. The van der Waals surface area contributed by atoms with E-state index in [-0.39, 0.29) is 35.3 Å². The summed E-state index contributed by atoms with van der Waals surface area (Å²) in [5.74, 6) is 0.586. The Morgan fingerprint density at radius 2 is 1.76 bits per heavy atom. The Morgan fingerprint density at radius 1 is 1.00 bits per heavy atom. The van der Waals surface area contributed by atoms with Gasteiger partial charge in [-0.25, -0.2) is 18.7 Å². The first-order valence-corrected chi connectivity index (χ1v) is 14.6. The topological polar surface area (TPSA) is 97.2 Å². The number of hydrogen-bond donors (Lipinski definition) is 2. The maximum absolute atomic E-state index is 13.1. The van der Waals surface area contributed by atoms with Gasteiger partial charge in [-0.1, -0.05) is 6.42 Å². The van der Waals surface area contributed by atoms with E-state index >= 15 is 0 Å². The number of esters is 1. The van der Waals surface area contributed by atoms with Crippen molar-refractivity contribution in [3.8, 4) is 11.3 Å². The lowest BCUT2D eigenvalue weighted by atomic mass is 9.73. The van der Waals surface area contributed by atoms with Gasteiger partial charge in [-0.15, -0.1) is 0 Å². The van der Waals surface area contributed by atoms with Crippen LogP contribution in [0.5, 0.6) is 0 Å². The van der Waals surface area contributed by atoms with Crippen molar-refractivity contribution < 1.29 is 23.4 Å². The number of carbonyl (C=O) groups is 1. The van der Waals surface area contributed by atoms with Crippen molar-refractivity contribution in [3.05, 3.63) is 65.6 Å². The Hall–Kier alpha value is -3.46. The van der Waals surface area contributed by atoms with Gasteiger partial charge in [0.2, 0.25) is 0 Å². The van der Waals surface area contributed by atoms with Crippen molar-refractivity contribution in [2.45, 2.75) is 89.8 Å². The first kappa shape index (κ1) is 29.0. The van der Waals surface area contributed by atoms with Gasteiger partial charge < -0.3 is 15.2 Å². The predicted molar refractivity (Wildman–Crippen MR) is 153 cm³/mol. The van der Waals surface area contributed by atoms with Gasteiger partial charge in [0.15, 0.2) is 0 Å². The van der Waals surface area contributed by atoms with Gasteiger partial charge in [0.05, 0.1) is 17.3 Å². The van der Waals surface area contributed by atoms with Gasteiger partial charge in [0.25, 0.3) is 6.43 Å². The molecule has 0 amide bonds. The molecule has 3 heterocycles. The number of aryl methyl sites for hydroxylation is 1. The fourth-order valence-electron chi connectivity index (χ4n) is 6.05. The van der Waals surface area contributed by atoms with Crippen LogP contribution in [0.2, 0.25) is 0 Å². The third-order valence-corrected chi connectivity index (χ3v) is 8.53. The molecular weight excluding hydrogens is 526 g/mol. The molecule has 218 valence electrons. The number of pyridine rings is 3. The van der Waals surface area contributed by atoms with Crippen LogP contribution in [-0.2, 0) is 15.1 Å². The molecule has 3 aromatic rings. The molecule has 2 aliphatic rings. The number of aliphatic hydroxyl groups is 1. The fourth-order valence-corrected chi connectivity index (χ4v) is 6.05. The second kappa shape index (κ2) is 12.6. The highest BCUT2D eigenvalue weighted by Crippen LogP contribution is 2.41. The first-order valence-electron chi connectivity index (χ1n) is 14.6. The van der Waals surface area contributed by atoms with Crippen LogP contribution in [0.3, 0.4) is 0 Å². The third kappa shape index (κ3) is 7.07. The summed E-state index contributed by atoms with van der Waals surface area (Å²) in [6, 6.07) is 10.0. The van der Waals surface area contributed by atoms with E-state index in [9.17, 15) is 18.7 Å². The molecule has 2 N–H and O–H groups in total. The van der Waals surface area contributed by atoms with Crippen LogP contribution in [0, 0.1) is 18.8 Å². The number of ether oxygens (including phenoxy) is 1. The summed E-state index contributed by atoms with van der Waals surface area (Å²) in [5.41, 5.74) is 1.68. The summed E-state index contributed by atoms with van der Waals surface area (Å²) < 4.78 is 32.0. The number of rotatable bonds is 8. The number of nitrogens with zero attached hydrogens (tertiary/aromatic N) is 3. The van der Waals surface area contributed by atoms with Crippen LogP contribution < -0.4 is 5.32 Å². The Bertz CT molecular complexity index is 1340. The van der Waals surface area contributed by atoms with Crippen molar-refractivity contribution in [2.24, 2.45) is 11.8 Å². The SMILES string of the molecule is Cc1cc(Nc2cc(C(F)F)ccn2)nc(-c2ccc(C(C)(O)[C@H]3CC[C@H](C(=O)OC4CCCCC4)CC3)nc2)c1. The number of carbonyl (C=O) groups excluding carboxylic acids is 1. The molecule has 0 aliphatic heterocycles. The molecule has 41 heavy (non-hydrogen) atoms. The normalized spacial score (nSPS) is 21.3. The van der Waals surface area contributed by atoms with E-state index in [1.165, 1.54) is 24.8 Å². The van der Waals surface area contributed by atoms with E-state index in [1.54, 1.807) is 13.1 Å². The van der Waals surface area contributed by atoms with Crippen LogP contribution in [0.25, 0.3) is 11.3 Å². The zero-order chi connectivity index (χ0) is 29.0. The van der Waals surface area contributed by atoms with Crippen molar-refractivity contribution >= 4 is 17.6 Å². The highest BCUT2D eigenvalue weighted by atomic mass is 19.3. The van der Waals surface area contributed by atoms with Crippen LogP contribution in [0.1, 0.15) is 88.0 Å². The van der Waals surface area contributed by atoms with E-state index in [4.69, 9.17) is 4.74 Å². The minimum Gasteiger partial charge on any atom is -0.462 e. The van der Waals surface area contributed by atoms with Crippen LogP contribution in [0.15, 0.2) is 48.8 Å². The zero-order valence-corrected chi connectivity index (χ0v) is 23.7. The van der Waals surface area contributed by atoms with Gasteiger partial charge in [0, 0.05) is 23.5 Å². The van der Waals surface area contributed by atoms with Crippen molar-refractivity contribution in [2.75, 3.05) is 5.32 Å². The van der Waals surface area contributed by atoms with Crippen molar-refractivity contribution in [1.82, 2.24) is 15.0 Å². The van der Waals surface area contributed by atoms with E-state index in [0.29, 0.717) is 30.0 Å². The largest absolute Gasteiger partial charge is 0.462 e. The molecule has 9 heteroatoms. The summed E-state index contributed by atoms with van der Waals surface area (Å²) in [7, 11) is 0. The minimum absolute atomic E-state index is 0.0102. The van der Waals surface area contributed by atoms with Crippen LogP contribution >= 0.6 is 0 Å². The molecular formula is C32H38F2N4O3. The van der Waals surface area contributed by atoms with E-state index in [2.05, 4.69) is 20.3 Å². The molecule has 1 unspecified atom stereocenters. The molecule has 0 bridgehead atoms. The predicted octanol–water partition coefficient (Wildman–Crippen LogP) is 7.42. The quantitative estimate of drug-likeness (QED) is 0.275. The summed E-state index contributed by atoms with van der Waals surface area (Å²) in [4.78, 5) is 26.1. The standard InChI is InChI=1S/C32H38F2N4O3/c1-20-16-26(37-29(17-20)38-28-18-22(30(33)34)14-15-35-28)23-10-13-27(36-19-23)32(2,40)24-11-8-21(9-12-24)31(39)41-25-6-4-3-5-7-25/h10,13-19,21,24-25,30,40H,3-9,11-12H2,1-2H3,(H,35,37,38)/t21-,24-,32?. The lowest BCUT2D eigenvalue weighted by Gasteiger charge is -2.37. The summed E-state index contributed by atoms with van der Waals surface area (Å²) in [6.07, 6.45) is 8.84. The number of alkyl halides is 2. The van der Waals surface area contributed by atoms with Crippen LogP contribution in [-0.4, -0.2) is 32.1 Å². The number of anilines is 2. The number of aromatic nitrogens is 3. The highest BCUT2D eigenvalue weighted by molar-refractivity contribution is 5.72. The Kier molecular flexibility index (Phi) is 8.92. The van der Waals surface area contributed by atoms with Crippen molar-refractivity contribution in [3.63, 3.8) is 0 Å². The number of nitrogens with one attached hydrogen (secondary N) is 1. The monoisotopic (exact) mass is 564 g/mol. The molecule has 0 saturated heterocycles. The maximum atomic E-state index is 13.1. The molecule has 3 aromatic heterocycles. The molecule has 0 radical (unpaired) electrons. The Labute approximate surface area is 239 Å². The highest BCUT2D eigenvalue weighted by Gasteiger charge is 2.39. The van der Waals surface area contributed by atoms with Gasteiger partial charge >= 0.3 is 5.97 Å². The van der Waals surface area contributed by atoms with Gasteiger partial charge in [0.1, 0.15) is 23.3 Å². The second-order valence-corrected chi connectivity index (χ2v) is 11.6. The van der Waals surface area contributed by atoms with E-state index in [0.717, 1.165) is 49.7 Å². The first-order chi connectivity index (χ1) is 19.7. The molecule has 2 fully saturated rings. The smallest absolute Gasteiger partial charge is 0.309 e. The van der Waals surface area contributed by atoms with Crippen molar-refractivity contribution in [1.29, 1.82) is 0 Å². The fraction of sp³-hybridized carbons (Fsp3) is 0.500. The maximum Gasteiger partial charge on any atom is 0.309 e.